The van der Waals surface area contributed by atoms with Crippen LogP contribution in [0.4, 0.5) is 0 Å². The molecule has 18 heavy (non-hydrogen) atoms. The van der Waals surface area contributed by atoms with E-state index in [1.54, 1.807) is 38.5 Å². The topological polar surface area (TPSA) is 54.0 Å². The van der Waals surface area contributed by atoms with E-state index in [1.807, 2.05) is 6.07 Å². The Morgan fingerprint density at radius 1 is 0.889 bits per heavy atom. The van der Waals surface area contributed by atoms with Gasteiger partial charge in [0.2, 0.25) is 0 Å². The van der Waals surface area contributed by atoms with Gasteiger partial charge < -0.3 is 18.5 Å². The van der Waals surface area contributed by atoms with Crippen molar-refractivity contribution in [1.29, 1.82) is 0 Å². The van der Waals surface area contributed by atoms with Gasteiger partial charge in [-0.25, -0.2) is 0 Å². The number of methoxy groups -OCH3 is 2. The van der Waals surface area contributed by atoms with E-state index in [1.165, 1.54) is 0 Å². The summed E-state index contributed by atoms with van der Waals surface area (Å²) in [7, 11) is -0.175. The van der Waals surface area contributed by atoms with Gasteiger partial charge in [-0.1, -0.05) is 18.2 Å². The fourth-order valence-electron chi connectivity index (χ4n) is 1.28. The van der Waals surface area contributed by atoms with Gasteiger partial charge >= 0.3 is 7.60 Å². The highest BCUT2D eigenvalue weighted by Crippen LogP contribution is 2.46. The molecule has 1 aromatic carbocycles. The highest BCUT2D eigenvalue weighted by atomic mass is 31.2. The maximum atomic E-state index is 12.6. The van der Waals surface area contributed by atoms with Crippen LogP contribution in [0.1, 0.15) is 0 Å². The van der Waals surface area contributed by atoms with Gasteiger partial charge in [-0.05, 0) is 12.1 Å². The van der Waals surface area contributed by atoms with Crippen LogP contribution < -0.4 is 5.30 Å². The van der Waals surface area contributed by atoms with Crippen molar-refractivity contribution in [3.8, 4) is 0 Å². The fourth-order valence-corrected chi connectivity index (χ4v) is 2.82. The molecular weight excluding hydrogens is 255 g/mol. The molecule has 0 amide bonds. The zero-order valence-electron chi connectivity index (χ0n) is 10.7. The maximum Gasteiger partial charge on any atom is 0.361 e. The average molecular weight is 274 g/mol. The molecule has 0 spiro atoms. The van der Waals surface area contributed by atoms with Crippen molar-refractivity contribution in [2.24, 2.45) is 0 Å². The SMILES string of the molecule is COCCOP(=O)(OCCOC)c1ccccc1. The molecule has 0 aromatic heterocycles. The van der Waals surface area contributed by atoms with Gasteiger partial charge in [0.05, 0.1) is 31.7 Å². The molecule has 0 unspecified atom stereocenters. The van der Waals surface area contributed by atoms with Crippen LogP contribution in [0, 0.1) is 0 Å². The van der Waals surface area contributed by atoms with Crippen molar-refractivity contribution in [2.45, 2.75) is 0 Å². The Morgan fingerprint density at radius 2 is 1.39 bits per heavy atom. The summed E-state index contributed by atoms with van der Waals surface area (Å²) in [5, 5.41) is 0.539. The van der Waals surface area contributed by atoms with E-state index >= 15 is 0 Å². The molecule has 0 N–H and O–H groups in total. The number of rotatable bonds is 9. The van der Waals surface area contributed by atoms with Gasteiger partial charge in [0, 0.05) is 14.2 Å². The number of benzene rings is 1. The molecule has 0 aliphatic heterocycles. The van der Waals surface area contributed by atoms with E-state index in [2.05, 4.69) is 0 Å². The largest absolute Gasteiger partial charge is 0.382 e. The smallest absolute Gasteiger partial charge is 0.361 e. The minimum atomic E-state index is -3.29. The minimum absolute atomic E-state index is 0.218. The summed E-state index contributed by atoms with van der Waals surface area (Å²) in [6.45, 7) is 1.17. The summed E-state index contributed by atoms with van der Waals surface area (Å²) in [6.07, 6.45) is 0. The normalized spacial score (nSPS) is 11.7. The van der Waals surface area contributed by atoms with Gasteiger partial charge in [-0.15, -0.1) is 0 Å². The fraction of sp³-hybridized carbons (Fsp3) is 0.500. The van der Waals surface area contributed by atoms with Gasteiger partial charge in [-0.3, -0.25) is 4.57 Å². The van der Waals surface area contributed by atoms with Crippen LogP contribution >= 0.6 is 7.60 Å². The Morgan fingerprint density at radius 3 is 1.83 bits per heavy atom. The van der Waals surface area contributed by atoms with E-state index in [0.29, 0.717) is 18.5 Å². The Kier molecular flexibility index (Phi) is 7.16. The summed E-state index contributed by atoms with van der Waals surface area (Å²) >= 11 is 0. The molecule has 0 atom stereocenters. The van der Waals surface area contributed by atoms with E-state index in [0.717, 1.165) is 0 Å². The van der Waals surface area contributed by atoms with Crippen molar-refractivity contribution in [3.63, 3.8) is 0 Å². The maximum absolute atomic E-state index is 12.6. The lowest BCUT2D eigenvalue weighted by Crippen LogP contribution is -2.14. The third-order valence-corrected chi connectivity index (χ3v) is 4.15. The van der Waals surface area contributed by atoms with Crippen molar-refractivity contribution in [1.82, 2.24) is 0 Å². The molecular formula is C12H19O5P. The van der Waals surface area contributed by atoms with Crippen molar-refractivity contribution < 1.29 is 23.1 Å². The summed E-state index contributed by atoms with van der Waals surface area (Å²) in [6, 6.07) is 8.88. The predicted octanol–water partition coefficient (Wildman–Crippen LogP) is 1.83. The highest BCUT2D eigenvalue weighted by molar-refractivity contribution is 7.62. The van der Waals surface area contributed by atoms with Crippen LogP contribution in [0.15, 0.2) is 30.3 Å². The van der Waals surface area contributed by atoms with Crippen LogP contribution in [0.25, 0.3) is 0 Å². The van der Waals surface area contributed by atoms with Gasteiger partial charge in [-0.2, -0.15) is 0 Å². The summed E-state index contributed by atoms with van der Waals surface area (Å²) < 4.78 is 33.1. The van der Waals surface area contributed by atoms with Crippen molar-refractivity contribution >= 4 is 12.9 Å². The van der Waals surface area contributed by atoms with E-state index < -0.39 is 7.60 Å². The van der Waals surface area contributed by atoms with Crippen LogP contribution in [0.2, 0.25) is 0 Å². The third kappa shape index (κ3) is 4.88. The van der Waals surface area contributed by atoms with Crippen LogP contribution in [0.3, 0.4) is 0 Å². The third-order valence-electron chi connectivity index (χ3n) is 2.17. The average Bonchev–Trinajstić information content (AvgIpc) is 2.40. The lowest BCUT2D eigenvalue weighted by atomic mass is 10.4. The molecule has 5 nitrogen and oxygen atoms in total. The van der Waals surface area contributed by atoms with Crippen LogP contribution in [-0.4, -0.2) is 40.6 Å². The molecule has 0 aliphatic rings. The first-order valence-electron chi connectivity index (χ1n) is 5.65. The first-order valence-corrected chi connectivity index (χ1v) is 7.20. The molecule has 0 saturated heterocycles. The van der Waals surface area contributed by atoms with Crippen LogP contribution in [-0.2, 0) is 23.1 Å². The Labute approximate surface area is 108 Å². The van der Waals surface area contributed by atoms with Gasteiger partial charge in [0.1, 0.15) is 0 Å². The number of hydrogen-bond donors (Lipinski definition) is 0. The van der Waals surface area contributed by atoms with Gasteiger partial charge in [0.25, 0.3) is 0 Å². The molecule has 0 fully saturated rings. The lowest BCUT2D eigenvalue weighted by Gasteiger charge is -2.18. The zero-order valence-corrected chi connectivity index (χ0v) is 11.6. The second-order valence-corrected chi connectivity index (χ2v) is 5.51. The Balaban J connectivity index is 2.70. The minimum Gasteiger partial charge on any atom is -0.382 e. The number of hydrogen-bond acceptors (Lipinski definition) is 5. The molecule has 0 bridgehead atoms. The van der Waals surface area contributed by atoms with Crippen molar-refractivity contribution in [3.05, 3.63) is 30.3 Å². The monoisotopic (exact) mass is 274 g/mol. The van der Waals surface area contributed by atoms with Gasteiger partial charge in [0.15, 0.2) is 0 Å². The Bertz CT molecular complexity index is 354. The quantitative estimate of drug-likeness (QED) is 0.508. The summed E-state index contributed by atoms with van der Waals surface area (Å²) in [4.78, 5) is 0. The standard InChI is InChI=1S/C12H19O5P/c1-14-8-10-16-18(13,17-11-9-15-2)12-6-4-3-5-7-12/h3-7H,8-11H2,1-2H3. The van der Waals surface area contributed by atoms with E-state index in [4.69, 9.17) is 18.5 Å². The molecule has 0 saturated carbocycles. The highest BCUT2D eigenvalue weighted by Gasteiger charge is 2.27. The second kappa shape index (κ2) is 8.40. The summed E-state index contributed by atoms with van der Waals surface area (Å²) in [5.41, 5.74) is 0. The van der Waals surface area contributed by atoms with E-state index in [9.17, 15) is 4.57 Å². The molecule has 0 radical (unpaired) electrons. The Hall–Kier alpha value is -0.710. The number of ether oxygens (including phenoxy) is 2. The first kappa shape index (κ1) is 15.3. The molecule has 6 heteroatoms. The molecule has 0 heterocycles. The summed E-state index contributed by atoms with van der Waals surface area (Å²) in [5.74, 6) is 0. The van der Waals surface area contributed by atoms with Crippen molar-refractivity contribution in [2.75, 3.05) is 40.6 Å². The van der Waals surface area contributed by atoms with Crippen LogP contribution in [0.5, 0.6) is 0 Å². The molecule has 1 rings (SSSR count). The zero-order chi connectivity index (χ0) is 13.3. The molecule has 102 valence electrons. The predicted molar refractivity (Wildman–Crippen MR) is 69.3 cm³/mol. The van der Waals surface area contributed by atoms with E-state index in [-0.39, 0.29) is 13.2 Å². The first-order chi connectivity index (χ1) is 8.73. The molecule has 1 aromatic rings. The lowest BCUT2D eigenvalue weighted by molar-refractivity contribution is 0.111. The second-order valence-electron chi connectivity index (χ2n) is 3.49. The molecule has 0 aliphatic carbocycles.